The molecule has 15 heavy (non-hydrogen) atoms. The lowest BCUT2D eigenvalue weighted by Gasteiger charge is -2.23. The average Bonchev–Trinajstić information content (AvgIpc) is 2.69. The van der Waals surface area contributed by atoms with Gasteiger partial charge in [-0.25, -0.2) is 0 Å². The Morgan fingerprint density at radius 2 is 1.73 bits per heavy atom. The zero-order valence-electron chi connectivity index (χ0n) is 9.92. The van der Waals surface area contributed by atoms with Gasteiger partial charge in [0.25, 0.3) is 0 Å². The van der Waals surface area contributed by atoms with Gasteiger partial charge in [-0.05, 0) is 24.5 Å². The smallest absolute Gasteiger partial charge is 0.0956 e. The molecule has 1 atom stereocenters. The van der Waals surface area contributed by atoms with Crippen molar-refractivity contribution in [1.29, 1.82) is 0 Å². The molecule has 0 aromatic heterocycles. The van der Waals surface area contributed by atoms with Crippen molar-refractivity contribution in [2.75, 3.05) is 13.1 Å². The molecule has 1 aliphatic rings. The summed E-state index contributed by atoms with van der Waals surface area (Å²) in [6, 6.07) is 9.79. The Bertz CT molecular complexity index is 294. The number of nitrogens with one attached hydrogen (secondary N) is 1. The highest BCUT2D eigenvalue weighted by molar-refractivity contribution is 5.32. The molecule has 1 N–H and O–H groups in total. The molecule has 0 heterocycles. The normalized spacial score (nSPS) is 17.7. The van der Waals surface area contributed by atoms with Crippen molar-refractivity contribution in [3.63, 3.8) is 0 Å². The number of quaternary nitrogens is 1. The number of likely N-dealkylation sites (N-methyl/N-ethyl adjacent to an activating group) is 1. The summed E-state index contributed by atoms with van der Waals surface area (Å²) in [7, 11) is 0. The Labute approximate surface area is 93.1 Å². The quantitative estimate of drug-likeness (QED) is 0.757. The number of fused-ring (bicyclic) bond motifs is 1. The van der Waals surface area contributed by atoms with E-state index in [2.05, 4.69) is 38.1 Å². The third kappa shape index (κ3) is 2.23. The molecule has 0 saturated carbocycles. The molecule has 1 aromatic rings. The second-order valence-electron chi connectivity index (χ2n) is 4.64. The second kappa shape index (κ2) is 4.80. The van der Waals surface area contributed by atoms with Gasteiger partial charge in [0.05, 0.1) is 19.1 Å². The van der Waals surface area contributed by atoms with Gasteiger partial charge in [0.1, 0.15) is 0 Å². The lowest BCUT2D eigenvalue weighted by Crippen LogP contribution is -3.15. The zero-order valence-corrected chi connectivity index (χ0v) is 9.92. The van der Waals surface area contributed by atoms with Crippen molar-refractivity contribution in [2.24, 2.45) is 0 Å². The van der Waals surface area contributed by atoms with Gasteiger partial charge < -0.3 is 4.90 Å². The van der Waals surface area contributed by atoms with Crippen LogP contribution in [0.15, 0.2) is 24.3 Å². The van der Waals surface area contributed by atoms with Crippen LogP contribution in [0.4, 0.5) is 0 Å². The summed E-state index contributed by atoms with van der Waals surface area (Å²) in [5.74, 6) is 0. The average molecular weight is 204 g/mol. The third-order valence-corrected chi connectivity index (χ3v) is 3.65. The number of rotatable bonds is 4. The van der Waals surface area contributed by atoms with Crippen LogP contribution in [0.1, 0.15) is 31.4 Å². The number of benzene rings is 1. The van der Waals surface area contributed by atoms with Crippen molar-refractivity contribution < 1.29 is 4.90 Å². The lowest BCUT2D eigenvalue weighted by atomic mass is 10.1. The Balaban J connectivity index is 2.05. The first-order valence-corrected chi connectivity index (χ1v) is 6.26. The molecule has 1 aromatic carbocycles. The largest absolute Gasteiger partial charge is 0.332 e. The van der Waals surface area contributed by atoms with Crippen LogP contribution in [0.2, 0.25) is 0 Å². The van der Waals surface area contributed by atoms with E-state index < -0.39 is 0 Å². The van der Waals surface area contributed by atoms with Gasteiger partial charge in [0.2, 0.25) is 0 Å². The minimum Gasteiger partial charge on any atom is -0.332 e. The molecule has 1 nitrogen and oxygen atoms in total. The summed E-state index contributed by atoms with van der Waals surface area (Å²) in [5, 5.41) is 0. The van der Waals surface area contributed by atoms with E-state index in [4.69, 9.17) is 0 Å². The molecule has 2 rings (SSSR count). The fourth-order valence-electron chi connectivity index (χ4n) is 2.84. The van der Waals surface area contributed by atoms with Gasteiger partial charge in [-0.2, -0.15) is 0 Å². The standard InChI is InChI=1S/C14H21N/c1-3-9-15(4-2)14-10-12-7-5-6-8-13(12)11-14/h5-8,14H,3-4,9-11H2,1-2H3/p+1. The summed E-state index contributed by atoms with van der Waals surface area (Å²) in [6.45, 7) is 7.20. The molecule has 82 valence electrons. The van der Waals surface area contributed by atoms with E-state index in [-0.39, 0.29) is 0 Å². The highest BCUT2D eigenvalue weighted by Gasteiger charge is 2.27. The van der Waals surface area contributed by atoms with Crippen molar-refractivity contribution in [3.05, 3.63) is 35.4 Å². The molecule has 0 bridgehead atoms. The van der Waals surface area contributed by atoms with Crippen LogP contribution in [0.25, 0.3) is 0 Å². The minimum absolute atomic E-state index is 0.840. The first-order chi connectivity index (χ1) is 7.35. The molecule has 1 unspecified atom stereocenters. The lowest BCUT2D eigenvalue weighted by molar-refractivity contribution is -0.922. The predicted octanol–water partition coefficient (Wildman–Crippen LogP) is 1.47. The molecule has 0 radical (unpaired) electrons. The maximum atomic E-state index is 2.31. The van der Waals surface area contributed by atoms with Crippen LogP contribution in [-0.2, 0) is 12.8 Å². The minimum atomic E-state index is 0.840. The van der Waals surface area contributed by atoms with E-state index in [1.165, 1.54) is 32.4 Å². The monoisotopic (exact) mass is 204 g/mol. The summed E-state index contributed by atoms with van der Waals surface area (Å²) < 4.78 is 0. The van der Waals surface area contributed by atoms with Gasteiger partial charge in [-0.1, -0.05) is 31.2 Å². The van der Waals surface area contributed by atoms with Crippen molar-refractivity contribution in [2.45, 2.75) is 39.2 Å². The molecule has 1 heteroatoms. The molecule has 1 aliphatic carbocycles. The summed E-state index contributed by atoms with van der Waals surface area (Å²) in [5.41, 5.74) is 3.18. The Kier molecular flexibility index (Phi) is 3.42. The molecular weight excluding hydrogens is 182 g/mol. The Morgan fingerprint density at radius 3 is 2.20 bits per heavy atom. The van der Waals surface area contributed by atoms with Crippen molar-refractivity contribution >= 4 is 0 Å². The third-order valence-electron chi connectivity index (χ3n) is 3.65. The van der Waals surface area contributed by atoms with Crippen LogP contribution < -0.4 is 4.90 Å². The molecule has 0 amide bonds. The van der Waals surface area contributed by atoms with E-state index in [0.29, 0.717) is 0 Å². The molecule has 0 aliphatic heterocycles. The van der Waals surface area contributed by atoms with Crippen LogP contribution >= 0.6 is 0 Å². The van der Waals surface area contributed by atoms with Crippen molar-refractivity contribution in [1.82, 2.24) is 0 Å². The van der Waals surface area contributed by atoms with Gasteiger partial charge in [-0.3, -0.25) is 0 Å². The van der Waals surface area contributed by atoms with Gasteiger partial charge >= 0.3 is 0 Å². The van der Waals surface area contributed by atoms with E-state index in [1.54, 1.807) is 16.0 Å². The van der Waals surface area contributed by atoms with E-state index in [0.717, 1.165) is 6.04 Å². The van der Waals surface area contributed by atoms with E-state index >= 15 is 0 Å². The van der Waals surface area contributed by atoms with Crippen LogP contribution in [0, 0.1) is 0 Å². The highest BCUT2D eigenvalue weighted by Crippen LogP contribution is 2.20. The van der Waals surface area contributed by atoms with Crippen molar-refractivity contribution in [3.8, 4) is 0 Å². The van der Waals surface area contributed by atoms with Crippen LogP contribution in [-0.4, -0.2) is 19.1 Å². The number of hydrogen-bond donors (Lipinski definition) is 1. The molecule has 0 fully saturated rings. The van der Waals surface area contributed by atoms with Crippen LogP contribution in [0.3, 0.4) is 0 Å². The summed E-state index contributed by atoms with van der Waals surface area (Å²) in [4.78, 5) is 1.79. The fourth-order valence-corrected chi connectivity index (χ4v) is 2.84. The van der Waals surface area contributed by atoms with Gasteiger partial charge in [0.15, 0.2) is 0 Å². The summed E-state index contributed by atoms with van der Waals surface area (Å²) >= 11 is 0. The SMILES string of the molecule is CCC[NH+](CC)C1Cc2ccccc2C1. The first-order valence-electron chi connectivity index (χ1n) is 6.26. The van der Waals surface area contributed by atoms with E-state index in [9.17, 15) is 0 Å². The van der Waals surface area contributed by atoms with Crippen LogP contribution in [0.5, 0.6) is 0 Å². The van der Waals surface area contributed by atoms with E-state index in [1.807, 2.05) is 0 Å². The van der Waals surface area contributed by atoms with Gasteiger partial charge in [-0.15, -0.1) is 0 Å². The fraction of sp³-hybridized carbons (Fsp3) is 0.571. The molecular formula is C14H22N+. The maximum Gasteiger partial charge on any atom is 0.0956 e. The van der Waals surface area contributed by atoms with Gasteiger partial charge in [0, 0.05) is 12.8 Å². The topological polar surface area (TPSA) is 4.44 Å². The Hall–Kier alpha value is -0.820. The second-order valence-corrected chi connectivity index (χ2v) is 4.64. The first kappa shape index (κ1) is 10.7. The molecule has 0 spiro atoms. The highest BCUT2D eigenvalue weighted by atomic mass is 15.1. The zero-order chi connectivity index (χ0) is 10.7. The predicted molar refractivity (Wildman–Crippen MR) is 64.3 cm³/mol. The summed E-state index contributed by atoms with van der Waals surface area (Å²) in [6.07, 6.45) is 3.88. The Morgan fingerprint density at radius 1 is 1.13 bits per heavy atom. The molecule has 0 saturated heterocycles. The number of hydrogen-bond acceptors (Lipinski definition) is 0. The maximum absolute atomic E-state index is 2.31.